The third-order valence-electron chi connectivity index (χ3n) is 4.33. The van der Waals surface area contributed by atoms with E-state index in [-0.39, 0.29) is 11.9 Å². The molecule has 0 saturated carbocycles. The van der Waals surface area contributed by atoms with E-state index < -0.39 is 5.91 Å². The average Bonchev–Trinajstić information content (AvgIpc) is 3.14. The largest absolute Gasteiger partial charge is 0.368 e. The molecule has 1 atom stereocenters. The quantitative estimate of drug-likeness (QED) is 0.734. The zero-order valence-corrected chi connectivity index (χ0v) is 14.4. The topological polar surface area (TPSA) is 95.1 Å². The van der Waals surface area contributed by atoms with Crippen molar-refractivity contribution in [2.45, 2.75) is 6.10 Å². The predicted octanol–water partition coefficient (Wildman–Crippen LogP) is 1.83. The zero-order chi connectivity index (χ0) is 18.8. The summed E-state index contributed by atoms with van der Waals surface area (Å²) >= 11 is 0. The van der Waals surface area contributed by atoms with Crippen molar-refractivity contribution in [1.29, 1.82) is 0 Å². The molecule has 4 rings (SSSR count). The van der Waals surface area contributed by atoms with Crippen LogP contribution in [0.25, 0.3) is 17.1 Å². The van der Waals surface area contributed by atoms with Crippen molar-refractivity contribution in [2.24, 2.45) is 5.73 Å². The van der Waals surface area contributed by atoms with Crippen molar-refractivity contribution in [2.75, 3.05) is 19.7 Å². The van der Waals surface area contributed by atoms with Crippen LogP contribution in [0.5, 0.6) is 0 Å². The highest BCUT2D eigenvalue weighted by Gasteiger charge is 2.24. The van der Waals surface area contributed by atoms with Gasteiger partial charge in [0.15, 0.2) is 11.6 Å². The molecule has 0 radical (unpaired) electrons. The van der Waals surface area contributed by atoms with E-state index in [1.165, 1.54) is 12.1 Å². The Balaban J connectivity index is 1.78. The lowest BCUT2D eigenvalue weighted by Crippen LogP contribution is -2.34. The minimum absolute atomic E-state index is 0.298. The van der Waals surface area contributed by atoms with Crippen molar-refractivity contribution >= 4 is 5.91 Å². The van der Waals surface area contributed by atoms with Crippen molar-refractivity contribution in [3.8, 4) is 17.1 Å². The Hall–Kier alpha value is -3.10. The van der Waals surface area contributed by atoms with Gasteiger partial charge >= 0.3 is 0 Å². The number of morpholine rings is 1. The third kappa shape index (κ3) is 3.57. The van der Waals surface area contributed by atoms with Gasteiger partial charge in [0.25, 0.3) is 0 Å². The summed E-state index contributed by atoms with van der Waals surface area (Å²) in [6, 6.07) is 12.9. The molecule has 3 N–H and O–H groups in total. The molecule has 27 heavy (non-hydrogen) atoms. The maximum Gasteiger partial charge on any atom is 0.248 e. The first-order valence-electron chi connectivity index (χ1n) is 8.57. The zero-order valence-electron chi connectivity index (χ0n) is 14.4. The number of nitrogens with two attached hydrogens (primary N) is 1. The van der Waals surface area contributed by atoms with Crippen LogP contribution in [0.15, 0.2) is 48.5 Å². The summed E-state index contributed by atoms with van der Waals surface area (Å²) < 4.78 is 21.1. The van der Waals surface area contributed by atoms with Crippen molar-refractivity contribution in [3.05, 3.63) is 65.7 Å². The molecule has 1 aromatic heterocycles. The molecule has 0 aliphatic carbocycles. The number of hydrogen-bond donors (Lipinski definition) is 2. The van der Waals surface area contributed by atoms with Crippen LogP contribution < -0.4 is 11.1 Å². The maximum atomic E-state index is 13.7. The van der Waals surface area contributed by atoms with Crippen LogP contribution in [-0.2, 0) is 4.74 Å². The van der Waals surface area contributed by atoms with Crippen LogP contribution in [0, 0.1) is 5.82 Å². The van der Waals surface area contributed by atoms with Gasteiger partial charge in [-0.25, -0.2) is 14.1 Å². The molecule has 3 aromatic rings. The number of halogens is 1. The smallest absolute Gasteiger partial charge is 0.248 e. The van der Waals surface area contributed by atoms with Crippen LogP contribution >= 0.6 is 0 Å². The summed E-state index contributed by atoms with van der Waals surface area (Å²) in [5.41, 5.74) is 6.98. The molecule has 7 nitrogen and oxygen atoms in total. The average molecular weight is 367 g/mol. The number of hydrogen-bond acceptors (Lipinski definition) is 5. The molecule has 1 fully saturated rings. The number of carbonyl (C=O) groups excluding carboxylic acids is 1. The molecule has 2 heterocycles. The second kappa shape index (κ2) is 7.26. The highest BCUT2D eigenvalue weighted by molar-refractivity contribution is 5.93. The van der Waals surface area contributed by atoms with Crippen molar-refractivity contribution < 1.29 is 13.9 Å². The Labute approximate surface area is 155 Å². The van der Waals surface area contributed by atoms with Gasteiger partial charge in [-0.15, -0.1) is 5.10 Å². The van der Waals surface area contributed by atoms with Gasteiger partial charge in [-0.2, -0.15) is 0 Å². The molecule has 1 amide bonds. The van der Waals surface area contributed by atoms with E-state index in [1.54, 1.807) is 41.1 Å². The minimum atomic E-state index is -0.498. The van der Waals surface area contributed by atoms with E-state index in [4.69, 9.17) is 10.5 Å². The monoisotopic (exact) mass is 367 g/mol. The number of nitrogens with one attached hydrogen (secondary N) is 1. The number of benzene rings is 2. The summed E-state index contributed by atoms with van der Waals surface area (Å²) in [6.07, 6.45) is -0.298. The number of carbonyl (C=O) groups is 1. The number of amides is 1. The standard InChI is InChI=1S/C19H18FN5O2/c20-14-2-1-3-15(10-14)25-19(16-11-22-8-9-27-16)23-18(24-25)13-6-4-12(5-7-13)17(21)26/h1-7,10,16,22H,8-9,11H2,(H2,21,26)/t16-/m0/s1. The second-order valence-corrected chi connectivity index (χ2v) is 6.19. The highest BCUT2D eigenvalue weighted by Crippen LogP contribution is 2.25. The SMILES string of the molecule is NC(=O)c1ccc(-c2nc([C@@H]3CNCCO3)n(-c3cccc(F)c3)n2)cc1. The van der Waals surface area contributed by atoms with Gasteiger partial charge in [0.1, 0.15) is 11.9 Å². The molecular weight excluding hydrogens is 349 g/mol. The van der Waals surface area contributed by atoms with Crippen molar-refractivity contribution in [1.82, 2.24) is 20.1 Å². The third-order valence-corrected chi connectivity index (χ3v) is 4.33. The lowest BCUT2D eigenvalue weighted by Gasteiger charge is -2.23. The summed E-state index contributed by atoms with van der Waals surface area (Å²) in [7, 11) is 0. The fourth-order valence-corrected chi connectivity index (χ4v) is 2.97. The van der Waals surface area contributed by atoms with Gasteiger partial charge in [0.05, 0.1) is 12.3 Å². The van der Waals surface area contributed by atoms with E-state index in [9.17, 15) is 9.18 Å². The number of primary amides is 1. The fraction of sp³-hybridized carbons (Fsp3) is 0.211. The first-order chi connectivity index (χ1) is 13.1. The summed E-state index contributed by atoms with van der Waals surface area (Å²) in [5.74, 6) is 0.187. The van der Waals surface area contributed by atoms with E-state index in [0.29, 0.717) is 36.1 Å². The van der Waals surface area contributed by atoms with Gasteiger partial charge in [0, 0.05) is 24.2 Å². The molecular formula is C19H18FN5O2. The molecule has 1 aliphatic rings. The summed E-state index contributed by atoms with van der Waals surface area (Å²) in [4.78, 5) is 15.9. The highest BCUT2D eigenvalue weighted by atomic mass is 19.1. The van der Waals surface area contributed by atoms with Crippen LogP contribution in [0.4, 0.5) is 4.39 Å². The van der Waals surface area contributed by atoms with Crippen LogP contribution in [0.3, 0.4) is 0 Å². The minimum Gasteiger partial charge on any atom is -0.368 e. The number of nitrogens with zero attached hydrogens (tertiary/aromatic N) is 3. The number of rotatable bonds is 4. The molecule has 0 spiro atoms. The lowest BCUT2D eigenvalue weighted by molar-refractivity contribution is 0.0208. The molecule has 1 aliphatic heterocycles. The van der Waals surface area contributed by atoms with Crippen molar-refractivity contribution in [3.63, 3.8) is 0 Å². The van der Waals surface area contributed by atoms with Gasteiger partial charge in [-0.3, -0.25) is 4.79 Å². The van der Waals surface area contributed by atoms with Crippen LogP contribution in [0.2, 0.25) is 0 Å². The first-order valence-corrected chi connectivity index (χ1v) is 8.57. The molecule has 0 bridgehead atoms. The second-order valence-electron chi connectivity index (χ2n) is 6.19. The lowest BCUT2D eigenvalue weighted by atomic mass is 10.1. The maximum absolute atomic E-state index is 13.7. The molecule has 8 heteroatoms. The Kier molecular flexibility index (Phi) is 4.66. The van der Waals surface area contributed by atoms with Gasteiger partial charge in [-0.05, 0) is 30.3 Å². The van der Waals surface area contributed by atoms with Gasteiger partial charge in [-0.1, -0.05) is 18.2 Å². The van der Waals surface area contributed by atoms with E-state index >= 15 is 0 Å². The Morgan fingerprint density at radius 1 is 1.26 bits per heavy atom. The predicted molar refractivity (Wildman–Crippen MR) is 96.8 cm³/mol. The Morgan fingerprint density at radius 3 is 2.74 bits per heavy atom. The van der Waals surface area contributed by atoms with E-state index in [1.807, 2.05) is 0 Å². The Morgan fingerprint density at radius 2 is 2.07 bits per heavy atom. The normalized spacial score (nSPS) is 17.0. The van der Waals surface area contributed by atoms with Gasteiger partial charge in [0.2, 0.25) is 5.91 Å². The molecule has 0 unspecified atom stereocenters. The van der Waals surface area contributed by atoms with Crippen LogP contribution in [-0.4, -0.2) is 40.4 Å². The summed E-state index contributed by atoms with van der Waals surface area (Å²) in [6.45, 7) is 1.92. The molecule has 138 valence electrons. The Bertz CT molecular complexity index is 964. The number of ether oxygens (including phenoxy) is 1. The van der Waals surface area contributed by atoms with Crippen LogP contribution in [0.1, 0.15) is 22.3 Å². The number of aromatic nitrogens is 3. The van der Waals surface area contributed by atoms with E-state index in [0.717, 1.165) is 12.1 Å². The first kappa shape index (κ1) is 17.3. The molecule has 2 aromatic carbocycles. The fourth-order valence-electron chi connectivity index (χ4n) is 2.97. The van der Waals surface area contributed by atoms with E-state index in [2.05, 4.69) is 15.4 Å². The summed E-state index contributed by atoms with van der Waals surface area (Å²) in [5, 5.41) is 7.82. The molecule has 1 saturated heterocycles. The van der Waals surface area contributed by atoms with Gasteiger partial charge < -0.3 is 15.8 Å².